The van der Waals surface area contributed by atoms with Crippen molar-refractivity contribution in [3.63, 3.8) is 0 Å². The van der Waals surface area contributed by atoms with E-state index in [0.717, 1.165) is 16.9 Å². The summed E-state index contributed by atoms with van der Waals surface area (Å²) in [5, 5.41) is 0. The summed E-state index contributed by atoms with van der Waals surface area (Å²) in [6.07, 6.45) is 3.16. The first-order valence-corrected chi connectivity index (χ1v) is 5.35. The number of carbonyl (C=O) groups excluding carboxylic acids is 1. The summed E-state index contributed by atoms with van der Waals surface area (Å²) < 4.78 is 5.09. The maximum absolute atomic E-state index is 11.4. The molecule has 0 atom stereocenters. The number of pyridine rings is 1. The molecule has 0 spiro atoms. The number of amides is 1. The lowest BCUT2D eigenvalue weighted by Gasteiger charge is -2.05. The van der Waals surface area contributed by atoms with Crippen molar-refractivity contribution in [3.8, 4) is 16.9 Å². The van der Waals surface area contributed by atoms with E-state index in [1.54, 1.807) is 19.4 Å². The highest BCUT2D eigenvalue weighted by Gasteiger charge is 2.06. The molecule has 18 heavy (non-hydrogen) atoms. The van der Waals surface area contributed by atoms with Crippen molar-refractivity contribution < 1.29 is 9.53 Å². The van der Waals surface area contributed by atoms with Crippen LogP contribution >= 0.6 is 0 Å². The lowest BCUT2D eigenvalue weighted by atomic mass is 10.1. The molecule has 0 saturated heterocycles. The zero-order valence-corrected chi connectivity index (χ0v) is 9.88. The number of methoxy groups -OCH3 is 1. The number of aromatic nitrogens is 1. The van der Waals surface area contributed by atoms with Crippen molar-refractivity contribution in [2.45, 2.75) is 0 Å². The van der Waals surface area contributed by atoms with E-state index < -0.39 is 0 Å². The molecule has 5 heteroatoms. The number of hydrogen-bond acceptors (Lipinski definition) is 4. The van der Waals surface area contributed by atoms with Gasteiger partial charge in [-0.25, -0.2) is 5.84 Å². The van der Waals surface area contributed by atoms with Crippen molar-refractivity contribution >= 4 is 5.91 Å². The lowest BCUT2D eigenvalue weighted by molar-refractivity contribution is 0.0953. The number of rotatable bonds is 3. The van der Waals surface area contributed by atoms with Gasteiger partial charge >= 0.3 is 0 Å². The van der Waals surface area contributed by atoms with Gasteiger partial charge in [-0.2, -0.15) is 0 Å². The first-order valence-electron chi connectivity index (χ1n) is 5.35. The van der Waals surface area contributed by atoms with Gasteiger partial charge in [0.1, 0.15) is 5.75 Å². The molecule has 92 valence electrons. The van der Waals surface area contributed by atoms with Gasteiger partial charge < -0.3 is 4.74 Å². The summed E-state index contributed by atoms with van der Waals surface area (Å²) in [7, 11) is 1.61. The number of hydrazine groups is 1. The Labute approximate surface area is 105 Å². The highest BCUT2D eigenvalue weighted by atomic mass is 16.5. The molecule has 1 heterocycles. The molecule has 0 radical (unpaired) electrons. The summed E-state index contributed by atoms with van der Waals surface area (Å²) in [5.41, 5.74) is 4.30. The normalized spacial score (nSPS) is 9.89. The van der Waals surface area contributed by atoms with Gasteiger partial charge in [-0.3, -0.25) is 15.2 Å². The molecule has 0 aliphatic carbocycles. The topological polar surface area (TPSA) is 77.2 Å². The third-order valence-corrected chi connectivity index (χ3v) is 2.55. The fourth-order valence-corrected chi connectivity index (χ4v) is 1.59. The predicted molar refractivity (Wildman–Crippen MR) is 67.9 cm³/mol. The lowest BCUT2D eigenvalue weighted by Crippen LogP contribution is -2.30. The van der Waals surface area contributed by atoms with Gasteiger partial charge in [0, 0.05) is 18.0 Å². The third kappa shape index (κ3) is 2.46. The quantitative estimate of drug-likeness (QED) is 0.485. The first kappa shape index (κ1) is 12.1. The molecule has 1 aromatic heterocycles. The van der Waals surface area contributed by atoms with Gasteiger partial charge in [-0.05, 0) is 23.8 Å². The molecule has 1 amide bonds. The highest BCUT2D eigenvalue weighted by Crippen LogP contribution is 2.22. The number of nitrogens with two attached hydrogens (primary N) is 1. The molecular weight excluding hydrogens is 230 g/mol. The van der Waals surface area contributed by atoms with Crippen LogP contribution in [0.4, 0.5) is 0 Å². The second-order valence-electron chi connectivity index (χ2n) is 3.66. The SMILES string of the molecule is COc1ccc(-c2cncc(C(=O)NN)c2)cc1. The molecule has 0 bridgehead atoms. The van der Waals surface area contributed by atoms with Crippen molar-refractivity contribution in [3.05, 3.63) is 48.3 Å². The minimum absolute atomic E-state index is 0.363. The second-order valence-corrected chi connectivity index (χ2v) is 3.66. The molecular formula is C13H13N3O2. The van der Waals surface area contributed by atoms with Crippen LogP contribution in [0.15, 0.2) is 42.7 Å². The fourth-order valence-electron chi connectivity index (χ4n) is 1.59. The average Bonchev–Trinajstić information content (AvgIpc) is 2.46. The molecule has 2 aromatic rings. The maximum Gasteiger partial charge on any atom is 0.266 e. The summed E-state index contributed by atoms with van der Waals surface area (Å²) in [4.78, 5) is 15.4. The van der Waals surface area contributed by atoms with Gasteiger partial charge in [0.05, 0.1) is 12.7 Å². The number of nitrogen functional groups attached to an aromatic ring is 1. The number of carbonyl (C=O) groups is 1. The van der Waals surface area contributed by atoms with E-state index in [-0.39, 0.29) is 5.91 Å². The smallest absolute Gasteiger partial charge is 0.266 e. The Hall–Kier alpha value is -2.40. The molecule has 5 nitrogen and oxygen atoms in total. The molecule has 0 saturated carbocycles. The first-order chi connectivity index (χ1) is 8.74. The number of benzene rings is 1. The van der Waals surface area contributed by atoms with E-state index in [2.05, 4.69) is 10.4 Å². The molecule has 2 rings (SSSR count). The highest BCUT2D eigenvalue weighted by molar-refractivity contribution is 5.94. The monoisotopic (exact) mass is 243 g/mol. The van der Waals surface area contributed by atoms with Crippen LogP contribution in [0.5, 0.6) is 5.75 Å². The van der Waals surface area contributed by atoms with Crippen LogP contribution in [-0.4, -0.2) is 18.0 Å². The zero-order chi connectivity index (χ0) is 13.0. The maximum atomic E-state index is 11.4. The Morgan fingerprint density at radius 3 is 2.56 bits per heavy atom. The van der Waals surface area contributed by atoms with Crippen LogP contribution in [-0.2, 0) is 0 Å². The van der Waals surface area contributed by atoms with E-state index in [9.17, 15) is 4.79 Å². The largest absolute Gasteiger partial charge is 0.497 e. The second kappa shape index (κ2) is 5.29. The molecule has 3 N–H and O–H groups in total. The molecule has 0 unspecified atom stereocenters. The van der Waals surface area contributed by atoms with Crippen LogP contribution in [0.2, 0.25) is 0 Å². The van der Waals surface area contributed by atoms with E-state index in [1.807, 2.05) is 24.3 Å². The predicted octanol–water partition coefficient (Wildman–Crippen LogP) is 1.36. The average molecular weight is 243 g/mol. The Balaban J connectivity index is 2.35. The molecule has 0 aliphatic heterocycles. The molecule has 0 fully saturated rings. The third-order valence-electron chi connectivity index (χ3n) is 2.55. The summed E-state index contributed by atoms with van der Waals surface area (Å²) in [6.45, 7) is 0. The van der Waals surface area contributed by atoms with Crippen LogP contribution in [0, 0.1) is 0 Å². The minimum atomic E-state index is -0.363. The van der Waals surface area contributed by atoms with Crippen molar-refractivity contribution in [2.75, 3.05) is 7.11 Å². The summed E-state index contributed by atoms with van der Waals surface area (Å²) in [6, 6.07) is 9.24. The van der Waals surface area contributed by atoms with E-state index in [1.165, 1.54) is 6.20 Å². The number of nitrogens with one attached hydrogen (secondary N) is 1. The van der Waals surface area contributed by atoms with Crippen molar-refractivity contribution in [1.82, 2.24) is 10.4 Å². The van der Waals surface area contributed by atoms with Gasteiger partial charge in [-0.1, -0.05) is 12.1 Å². The van der Waals surface area contributed by atoms with Gasteiger partial charge in [0.2, 0.25) is 0 Å². The van der Waals surface area contributed by atoms with Crippen LogP contribution in [0.25, 0.3) is 11.1 Å². The van der Waals surface area contributed by atoms with E-state index >= 15 is 0 Å². The van der Waals surface area contributed by atoms with Gasteiger partial charge in [0.15, 0.2) is 0 Å². The molecule has 0 aliphatic rings. The minimum Gasteiger partial charge on any atom is -0.497 e. The summed E-state index contributed by atoms with van der Waals surface area (Å²) >= 11 is 0. The van der Waals surface area contributed by atoms with Crippen molar-refractivity contribution in [1.29, 1.82) is 0 Å². The van der Waals surface area contributed by atoms with Crippen LogP contribution in [0.3, 0.4) is 0 Å². The van der Waals surface area contributed by atoms with Gasteiger partial charge in [-0.15, -0.1) is 0 Å². The standard InChI is InChI=1S/C13H13N3O2/c1-18-12-4-2-9(3-5-12)10-6-11(8-15-7-10)13(17)16-14/h2-8H,14H2,1H3,(H,16,17). The van der Waals surface area contributed by atoms with E-state index in [4.69, 9.17) is 10.6 Å². The van der Waals surface area contributed by atoms with Crippen LogP contribution in [0.1, 0.15) is 10.4 Å². The number of ether oxygens (including phenoxy) is 1. The fraction of sp³-hybridized carbons (Fsp3) is 0.0769. The number of hydrogen-bond donors (Lipinski definition) is 2. The Bertz CT molecular complexity index is 552. The van der Waals surface area contributed by atoms with Crippen LogP contribution < -0.4 is 16.0 Å². The Kier molecular flexibility index (Phi) is 3.54. The molecule has 1 aromatic carbocycles. The number of nitrogens with zero attached hydrogens (tertiary/aromatic N) is 1. The zero-order valence-electron chi connectivity index (χ0n) is 9.88. The van der Waals surface area contributed by atoms with E-state index in [0.29, 0.717) is 5.56 Å². The Morgan fingerprint density at radius 1 is 1.22 bits per heavy atom. The van der Waals surface area contributed by atoms with Crippen molar-refractivity contribution in [2.24, 2.45) is 5.84 Å². The Morgan fingerprint density at radius 2 is 1.94 bits per heavy atom. The summed E-state index contributed by atoms with van der Waals surface area (Å²) in [5.74, 6) is 5.50. The van der Waals surface area contributed by atoms with Gasteiger partial charge in [0.25, 0.3) is 5.91 Å².